The van der Waals surface area contributed by atoms with Crippen molar-refractivity contribution < 1.29 is 4.79 Å². The van der Waals surface area contributed by atoms with Gasteiger partial charge in [0.25, 0.3) is 0 Å². The Morgan fingerprint density at radius 2 is 1.74 bits per heavy atom. The number of rotatable bonds is 6. The lowest BCUT2D eigenvalue weighted by Gasteiger charge is -2.22. The topological polar surface area (TPSA) is 38.1 Å². The second-order valence-corrected chi connectivity index (χ2v) is 8.95. The highest BCUT2D eigenvalue weighted by atomic mass is 32.2. The number of fused-ring (bicyclic) bond motifs is 2. The Hall–Kier alpha value is -3.05. The van der Waals surface area contributed by atoms with Gasteiger partial charge in [0.2, 0.25) is 5.91 Å². The van der Waals surface area contributed by atoms with Crippen LogP contribution in [-0.4, -0.2) is 27.3 Å². The predicted octanol–water partition coefficient (Wildman–Crippen LogP) is 5.35. The van der Waals surface area contributed by atoms with E-state index in [4.69, 9.17) is 4.98 Å². The number of hydrogen-bond acceptors (Lipinski definition) is 3. The molecule has 1 amide bonds. The van der Waals surface area contributed by atoms with E-state index >= 15 is 0 Å². The molecular formula is C26H25N3OS. The first-order chi connectivity index (χ1) is 15.2. The molecule has 1 aromatic heterocycles. The third-order valence-corrected chi connectivity index (χ3v) is 6.85. The Morgan fingerprint density at radius 1 is 1.00 bits per heavy atom. The van der Waals surface area contributed by atoms with Crippen molar-refractivity contribution >= 4 is 34.4 Å². The van der Waals surface area contributed by atoms with Gasteiger partial charge in [-0.15, -0.1) is 0 Å². The van der Waals surface area contributed by atoms with Crippen LogP contribution in [0.25, 0.3) is 11.0 Å². The zero-order valence-electron chi connectivity index (χ0n) is 17.6. The average molecular weight is 428 g/mol. The second kappa shape index (κ2) is 8.60. The molecule has 5 rings (SSSR count). The average Bonchev–Trinajstić information content (AvgIpc) is 3.33. The number of imidazole rings is 1. The van der Waals surface area contributed by atoms with Gasteiger partial charge in [0.15, 0.2) is 5.16 Å². The van der Waals surface area contributed by atoms with Crippen LogP contribution >= 0.6 is 11.8 Å². The molecule has 4 aromatic rings. The fourth-order valence-electron chi connectivity index (χ4n) is 4.41. The Labute approximate surface area is 186 Å². The summed E-state index contributed by atoms with van der Waals surface area (Å²) in [7, 11) is 0. The number of nitrogens with zero attached hydrogens (tertiary/aromatic N) is 3. The normalized spacial score (nSPS) is 15.4. The molecule has 0 N–H and O–H groups in total. The lowest BCUT2D eigenvalue weighted by atomic mass is 10.1. The standard InChI is InChI=1S/C26H25N3OS/c1-19-17-21-11-5-7-13-23(21)29(19)25(30)18-31-26-27-22-12-6-8-14-24(22)28(26)16-15-20-9-3-2-4-10-20/h2-14,19H,15-18H2,1H3/t19-/m1/s1. The zero-order valence-corrected chi connectivity index (χ0v) is 18.4. The Bertz CT molecular complexity index is 1220. The summed E-state index contributed by atoms with van der Waals surface area (Å²) in [6.07, 6.45) is 1.85. The van der Waals surface area contributed by atoms with Crippen LogP contribution in [0.5, 0.6) is 0 Å². The Kier molecular flexibility index (Phi) is 5.51. The monoisotopic (exact) mass is 427 g/mol. The minimum atomic E-state index is 0.143. The number of para-hydroxylation sites is 3. The molecule has 1 aliphatic heterocycles. The van der Waals surface area contributed by atoms with E-state index in [1.54, 1.807) is 11.8 Å². The van der Waals surface area contributed by atoms with E-state index in [1.165, 1.54) is 11.1 Å². The molecule has 0 aliphatic carbocycles. The number of carbonyl (C=O) groups excluding carboxylic acids is 1. The van der Waals surface area contributed by atoms with Gasteiger partial charge in [-0.25, -0.2) is 4.98 Å². The fraction of sp³-hybridized carbons (Fsp3) is 0.231. The van der Waals surface area contributed by atoms with Gasteiger partial charge in [-0.3, -0.25) is 4.79 Å². The number of carbonyl (C=O) groups is 1. The molecule has 5 heteroatoms. The van der Waals surface area contributed by atoms with Gasteiger partial charge in [0, 0.05) is 18.3 Å². The molecule has 3 aromatic carbocycles. The van der Waals surface area contributed by atoms with E-state index < -0.39 is 0 Å². The molecule has 0 spiro atoms. The van der Waals surface area contributed by atoms with Crippen LogP contribution in [0.4, 0.5) is 5.69 Å². The maximum atomic E-state index is 13.2. The molecule has 4 nitrogen and oxygen atoms in total. The second-order valence-electron chi connectivity index (χ2n) is 8.00. The molecule has 0 saturated carbocycles. The van der Waals surface area contributed by atoms with Crippen molar-refractivity contribution in [1.82, 2.24) is 9.55 Å². The lowest BCUT2D eigenvalue weighted by molar-refractivity contribution is -0.116. The smallest absolute Gasteiger partial charge is 0.237 e. The van der Waals surface area contributed by atoms with Crippen LogP contribution in [0.3, 0.4) is 0 Å². The number of aryl methyl sites for hydroxylation is 2. The van der Waals surface area contributed by atoms with Crippen molar-refractivity contribution in [2.45, 2.75) is 37.5 Å². The van der Waals surface area contributed by atoms with E-state index in [0.717, 1.165) is 41.3 Å². The highest BCUT2D eigenvalue weighted by Crippen LogP contribution is 2.33. The molecule has 156 valence electrons. The van der Waals surface area contributed by atoms with Gasteiger partial charge in [-0.1, -0.05) is 72.4 Å². The van der Waals surface area contributed by atoms with Crippen LogP contribution in [0, 0.1) is 0 Å². The molecule has 0 unspecified atom stereocenters. The zero-order chi connectivity index (χ0) is 21.2. The molecule has 0 bridgehead atoms. The van der Waals surface area contributed by atoms with Crippen molar-refractivity contribution in [3.63, 3.8) is 0 Å². The number of benzene rings is 3. The molecule has 0 fully saturated rings. The third kappa shape index (κ3) is 3.98. The van der Waals surface area contributed by atoms with Crippen molar-refractivity contribution in [3.8, 4) is 0 Å². The highest BCUT2D eigenvalue weighted by molar-refractivity contribution is 7.99. The summed E-state index contributed by atoms with van der Waals surface area (Å²) in [5.41, 5.74) is 5.70. The predicted molar refractivity (Wildman–Crippen MR) is 128 cm³/mol. The van der Waals surface area contributed by atoms with Gasteiger partial charge < -0.3 is 9.47 Å². The summed E-state index contributed by atoms with van der Waals surface area (Å²) in [6, 6.07) is 27.1. The van der Waals surface area contributed by atoms with Gasteiger partial charge in [0.05, 0.1) is 16.8 Å². The van der Waals surface area contributed by atoms with Crippen LogP contribution in [0.15, 0.2) is 84.0 Å². The number of aromatic nitrogens is 2. The summed E-state index contributed by atoms with van der Waals surface area (Å²) >= 11 is 1.54. The van der Waals surface area contributed by atoms with Gasteiger partial charge in [-0.05, 0) is 49.1 Å². The summed E-state index contributed by atoms with van der Waals surface area (Å²) in [6.45, 7) is 2.96. The van der Waals surface area contributed by atoms with E-state index in [9.17, 15) is 4.79 Å². The Morgan fingerprint density at radius 3 is 2.61 bits per heavy atom. The maximum absolute atomic E-state index is 13.2. The number of thioether (sulfide) groups is 1. The van der Waals surface area contributed by atoms with Crippen LogP contribution in [0.2, 0.25) is 0 Å². The SMILES string of the molecule is C[C@@H]1Cc2ccccc2N1C(=O)CSc1nc2ccccc2n1CCc1ccccc1. The van der Waals surface area contributed by atoms with Gasteiger partial charge in [0.1, 0.15) is 0 Å². The summed E-state index contributed by atoms with van der Waals surface area (Å²) < 4.78 is 2.25. The fourth-order valence-corrected chi connectivity index (χ4v) is 5.31. The molecule has 0 saturated heterocycles. The van der Waals surface area contributed by atoms with E-state index in [1.807, 2.05) is 41.3 Å². The molecular weight excluding hydrogens is 402 g/mol. The number of amides is 1. The van der Waals surface area contributed by atoms with Crippen LogP contribution in [0.1, 0.15) is 18.1 Å². The van der Waals surface area contributed by atoms with Crippen LogP contribution < -0.4 is 4.90 Å². The first-order valence-corrected chi connectivity index (χ1v) is 11.7. The maximum Gasteiger partial charge on any atom is 0.237 e. The summed E-state index contributed by atoms with van der Waals surface area (Å²) in [5.74, 6) is 0.525. The first-order valence-electron chi connectivity index (χ1n) is 10.7. The molecule has 1 atom stereocenters. The molecule has 2 heterocycles. The molecule has 0 radical (unpaired) electrons. The minimum absolute atomic E-state index is 0.143. The van der Waals surface area contributed by atoms with E-state index in [0.29, 0.717) is 5.75 Å². The lowest BCUT2D eigenvalue weighted by Crippen LogP contribution is -2.37. The summed E-state index contributed by atoms with van der Waals surface area (Å²) in [4.78, 5) is 20.0. The molecule has 31 heavy (non-hydrogen) atoms. The number of hydrogen-bond donors (Lipinski definition) is 0. The van der Waals surface area contributed by atoms with Crippen molar-refractivity contribution in [2.75, 3.05) is 10.7 Å². The largest absolute Gasteiger partial charge is 0.319 e. The van der Waals surface area contributed by atoms with Crippen molar-refractivity contribution in [3.05, 3.63) is 90.0 Å². The summed E-state index contributed by atoms with van der Waals surface area (Å²) in [5, 5.41) is 0.908. The first kappa shape index (κ1) is 19.9. The van der Waals surface area contributed by atoms with Crippen molar-refractivity contribution in [1.29, 1.82) is 0 Å². The van der Waals surface area contributed by atoms with Crippen LogP contribution in [-0.2, 0) is 24.2 Å². The Balaban J connectivity index is 1.36. The van der Waals surface area contributed by atoms with E-state index in [2.05, 4.69) is 54.0 Å². The van der Waals surface area contributed by atoms with Gasteiger partial charge in [-0.2, -0.15) is 0 Å². The number of anilines is 1. The van der Waals surface area contributed by atoms with Gasteiger partial charge >= 0.3 is 0 Å². The molecule has 1 aliphatic rings. The minimum Gasteiger partial charge on any atom is -0.319 e. The quantitative estimate of drug-likeness (QED) is 0.389. The third-order valence-electron chi connectivity index (χ3n) is 5.89. The van der Waals surface area contributed by atoms with Crippen molar-refractivity contribution in [2.24, 2.45) is 0 Å². The highest BCUT2D eigenvalue weighted by Gasteiger charge is 2.30. The van der Waals surface area contributed by atoms with E-state index in [-0.39, 0.29) is 11.9 Å².